The number of benzene rings is 1. The van der Waals surface area contributed by atoms with Crippen LogP contribution in [0.5, 0.6) is 0 Å². The second-order valence-electron chi connectivity index (χ2n) is 3.05. The lowest BCUT2D eigenvalue weighted by Crippen LogP contribution is -2.10. The van der Waals surface area contributed by atoms with Gasteiger partial charge in [-0.1, -0.05) is 18.7 Å². The normalized spacial score (nSPS) is 12.6. The molecule has 0 saturated carbocycles. The Labute approximate surface area is 87.2 Å². The Kier molecular flexibility index (Phi) is 3.03. The molecule has 0 N–H and O–H groups in total. The van der Waals surface area contributed by atoms with Crippen molar-refractivity contribution < 1.29 is 26.3 Å². The summed E-state index contributed by atoms with van der Waals surface area (Å²) in [6.45, 7) is 2.78. The zero-order chi connectivity index (χ0) is 12.6. The summed E-state index contributed by atoms with van der Waals surface area (Å²) in [5.74, 6) is 0. The molecular formula is C10H6F6. The number of allylic oxidation sites excluding steroid dienone is 1. The zero-order valence-electron chi connectivity index (χ0n) is 7.78. The van der Waals surface area contributed by atoms with Gasteiger partial charge in [0.25, 0.3) is 0 Å². The summed E-state index contributed by atoms with van der Waals surface area (Å²) < 4.78 is 72.8. The lowest BCUT2D eigenvalue weighted by atomic mass is 10.1. The highest BCUT2D eigenvalue weighted by Crippen LogP contribution is 2.34. The Bertz CT molecular complexity index is 381. The van der Waals surface area contributed by atoms with Gasteiger partial charge in [0.1, 0.15) is 0 Å². The molecular weight excluding hydrogens is 234 g/mol. The lowest BCUT2D eigenvalue weighted by Gasteiger charge is -2.11. The van der Waals surface area contributed by atoms with Crippen molar-refractivity contribution in [3.8, 4) is 0 Å². The summed E-state index contributed by atoms with van der Waals surface area (Å²) >= 11 is 0. The van der Waals surface area contributed by atoms with Gasteiger partial charge in [0.2, 0.25) is 0 Å². The van der Waals surface area contributed by atoms with Crippen LogP contribution in [0.15, 0.2) is 30.8 Å². The monoisotopic (exact) mass is 240 g/mol. The van der Waals surface area contributed by atoms with Gasteiger partial charge < -0.3 is 0 Å². The maximum Gasteiger partial charge on any atom is 0.416 e. The first-order valence-electron chi connectivity index (χ1n) is 4.06. The summed E-state index contributed by atoms with van der Waals surface area (Å²) in [6.07, 6.45) is -9.20. The van der Waals surface area contributed by atoms with Gasteiger partial charge in [-0.3, -0.25) is 0 Å². The third kappa shape index (κ3) is 2.77. The van der Waals surface area contributed by atoms with Gasteiger partial charge >= 0.3 is 12.4 Å². The molecule has 6 heteroatoms. The smallest absolute Gasteiger partial charge is 0.166 e. The molecule has 0 amide bonds. The Balaban J connectivity index is 3.01. The van der Waals surface area contributed by atoms with Gasteiger partial charge in [-0.2, -0.15) is 26.3 Å². The maximum absolute atomic E-state index is 12.1. The van der Waals surface area contributed by atoms with Crippen LogP contribution in [-0.2, 0) is 6.18 Å². The van der Waals surface area contributed by atoms with E-state index in [2.05, 4.69) is 6.58 Å². The molecule has 1 rings (SSSR count). The van der Waals surface area contributed by atoms with E-state index in [1.165, 1.54) is 0 Å². The quantitative estimate of drug-likeness (QED) is 0.642. The Hall–Kier alpha value is -1.46. The number of halogens is 6. The van der Waals surface area contributed by atoms with Gasteiger partial charge in [0.05, 0.1) is 11.1 Å². The van der Waals surface area contributed by atoms with Crippen molar-refractivity contribution in [1.29, 1.82) is 0 Å². The standard InChI is InChI=1S/C10H6F6/c1-6(9(11,12)13)7-2-4-8(5-3-7)10(14,15)16/h2-5H,1H2. The largest absolute Gasteiger partial charge is 0.416 e. The topological polar surface area (TPSA) is 0 Å². The minimum atomic E-state index is -4.64. The minimum absolute atomic E-state index is 0.375. The molecule has 0 bridgehead atoms. The van der Waals surface area contributed by atoms with E-state index in [1.54, 1.807) is 0 Å². The van der Waals surface area contributed by atoms with Gasteiger partial charge in [-0.05, 0) is 17.7 Å². The van der Waals surface area contributed by atoms with Crippen molar-refractivity contribution in [3.05, 3.63) is 42.0 Å². The SMILES string of the molecule is C=C(c1ccc(C(F)(F)F)cc1)C(F)(F)F. The van der Waals surface area contributed by atoms with Crippen LogP contribution in [0, 0.1) is 0 Å². The zero-order valence-corrected chi connectivity index (χ0v) is 7.78. The van der Waals surface area contributed by atoms with Crippen molar-refractivity contribution in [2.24, 2.45) is 0 Å². The van der Waals surface area contributed by atoms with Crippen LogP contribution in [0.3, 0.4) is 0 Å². The van der Waals surface area contributed by atoms with E-state index >= 15 is 0 Å². The van der Waals surface area contributed by atoms with E-state index in [0.29, 0.717) is 12.1 Å². The van der Waals surface area contributed by atoms with Gasteiger partial charge in [-0.25, -0.2) is 0 Å². The Morgan fingerprint density at radius 1 is 0.875 bits per heavy atom. The van der Waals surface area contributed by atoms with Crippen molar-refractivity contribution in [2.45, 2.75) is 12.4 Å². The summed E-state index contributed by atoms with van der Waals surface area (Å²) in [5, 5.41) is 0. The molecule has 0 aromatic heterocycles. The van der Waals surface area contributed by atoms with Gasteiger partial charge in [0.15, 0.2) is 0 Å². The van der Waals surface area contributed by atoms with Crippen LogP contribution >= 0.6 is 0 Å². The molecule has 0 atom stereocenters. The van der Waals surface area contributed by atoms with Crippen molar-refractivity contribution in [2.75, 3.05) is 0 Å². The molecule has 0 radical (unpaired) electrons. The fourth-order valence-electron chi connectivity index (χ4n) is 1.02. The van der Waals surface area contributed by atoms with Crippen LogP contribution in [-0.4, -0.2) is 6.18 Å². The average molecular weight is 240 g/mol. The van der Waals surface area contributed by atoms with E-state index in [4.69, 9.17) is 0 Å². The number of rotatable bonds is 1. The van der Waals surface area contributed by atoms with Crippen LogP contribution in [0.2, 0.25) is 0 Å². The predicted molar refractivity (Wildman–Crippen MR) is 46.5 cm³/mol. The molecule has 1 aromatic carbocycles. The number of hydrogen-bond acceptors (Lipinski definition) is 0. The van der Waals surface area contributed by atoms with Crippen molar-refractivity contribution in [1.82, 2.24) is 0 Å². The first kappa shape index (κ1) is 12.6. The van der Waals surface area contributed by atoms with Crippen LogP contribution in [0.1, 0.15) is 11.1 Å². The number of hydrogen-bond donors (Lipinski definition) is 0. The molecule has 0 aliphatic carbocycles. The Morgan fingerprint density at radius 3 is 1.62 bits per heavy atom. The fourth-order valence-corrected chi connectivity index (χ4v) is 1.02. The van der Waals surface area contributed by atoms with E-state index in [-0.39, 0.29) is 5.56 Å². The van der Waals surface area contributed by atoms with Crippen molar-refractivity contribution in [3.63, 3.8) is 0 Å². The van der Waals surface area contributed by atoms with Crippen LogP contribution in [0.4, 0.5) is 26.3 Å². The molecule has 0 fully saturated rings. The molecule has 88 valence electrons. The van der Waals surface area contributed by atoms with Gasteiger partial charge in [0, 0.05) is 0 Å². The second-order valence-corrected chi connectivity index (χ2v) is 3.05. The molecule has 0 nitrogen and oxygen atoms in total. The molecule has 0 unspecified atom stereocenters. The molecule has 0 aliphatic heterocycles. The number of alkyl halides is 6. The predicted octanol–water partition coefficient (Wildman–Crippen LogP) is 4.28. The maximum atomic E-state index is 12.1. The van der Waals surface area contributed by atoms with Crippen LogP contribution < -0.4 is 0 Å². The van der Waals surface area contributed by atoms with Crippen LogP contribution in [0.25, 0.3) is 5.57 Å². The Morgan fingerprint density at radius 2 is 1.31 bits per heavy atom. The summed E-state index contributed by atoms with van der Waals surface area (Å²) in [5.41, 5.74) is -2.53. The summed E-state index contributed by atoms with van der Waals surface area (Å²) in [6, 6.07) is 2.68. The summed E-state index contributed by atoms with van der Waals surface area (Å²) in [7, 11) is 0. The van der Waals surface area contributed by atoms with E-state index < -0.39 is 23.5 Å². The molecule has 0 spiro atoms. The van der Waals surface area contributed by atoms with Crippen molar-refractivity contribution >= 4 is 5.57 Å². The lowest BCUT2D eigenvalue weighted by molar-refractivity contribution is -0.137. The highest BCUT2D eigenvalue weighted by atomic mass is 19.4. The van der Waals surface area contributed by atoms with E-state index in [0.717, 1.165) is 12.1 Å². The minimum Gasteiger partial charge on any atom is -0.166 e. The highest BCUT2D eigenvalue weighted by molar-refractivity contribution is 5.67. The molecule has 16 heavy (non-hydrogen) atoms. The first-order valence-corrected chi connectivity index (χ1v) is 4.06. The average Bonchev–Trinajstić information content (AvgIpc) is 2.14. The van der Waals surface area contributed by atoms with E-state index in [1.807, 2.05) is 0 Å². The second kappa shape index (κ2) is 3.84. The molecule has 0 aliphatic rings. The third-order valence-electron chi connectivity index (χ3n) is 1.90. The fraction of sp³-hybridized carbons (Fsp3) is 0.200. The molecule has 0 saturated heterocycles. The third-order valence-corrected chi connectivity index (χ3v) is 1.90. The first-order chi connectivity index (χ1) is 7.12. The molecule has 0 heterocycles. The van der Waals surface area contributed by atoms with Gasteiger partial charge in [-0.15, -0.1) is 0 Å². The summed E-state index contributed by atoms with van der Waals surface area (Å²) in [4.78, 5) is 0. The van der Waals surface area contributed by atoms with E-state index in [9.17, 15) is 26.3 Å². The highest BCUT2D eigenvalue weighted by Gasteiger charge is 2.34. The molecule has 1 aromatic rings.